The van der Waals surface area contributed by atoms with E-state index in [4.69, 9.17) is 0 Å². The largest absolute Gasteiger partial charge is 0.391 e. The number of aliphatic hydroxyl groups is 1. The van der Waals surface area contributed by atoms with Gasteiger partial charge in [0.2, 0.25) is 5.91 Å². The van der Waals surface area contributed by atoms with Crippen LogP contribution in [0.3, 0.4) is 0 Å². The summed E-state index contributed by atoms with van der Waals surface area (Å²) in [6.07, 6.45) is 3.88. The van der Waals surface area contributed by atoms with Crippen LogP contribution in [0.1, 0.15) is 37.7 Å². The molecule has 0 aromatic heterocycles. The van der Waals surface area contributed by atoms with E-state index in [0.29, 0.717) is 13.0 Å². The fraction of sp³-hybridized carbons (Fsp3) is 0.533. The maximum atomic E-state index is 12.1. The summed E-state index contributed by atoms with van der Waals surface area (Å²) in [5.41, 5.74) is 0.874. The summed E-state index contributed by atoms with van der Waals surface area (Å²) in [4.78, 5) is 14.0. The topological polar surface area (TPSA) is 40.5 Å². The number of carbonyl (C=O) groups is 1. The molecule has 1 amide bonds. The van der Waals surface area contributed by atoms with Gasteiger partial charge in [0.05, 0.1) is 11.6 Å². The molecule has 1 saturated heterocycles. The van der Waals surface area contributed by atoms with E-state index in [1.54, 1.807) is 0 Å². The molecule has 0 unspecified atom stereocenters. The van der Waals surface area contributed by atoms with Gasteiger partial charge in [0.1, 0.15) is 0 Å². The lowest BCUT2D eigenvalue weighted by Gasteiger charge is -2.38. The fourth-order valence-corrected chi connectivity index (χ4v) is 3.50. The first-order chi connectivity index (χ1) is 8.72. The van der Waals surface area contributed by atoms with E-state index < -0.39 is 0 Å². The molecular weight excluding hydrogens is 226 g/mol. The van der Waals surface area contributed by atoms with Crippen LogP contribution in [0.4, 0.5) is 0 Å². The Morgan fingerprint density at radius 2 is 2.06 bits per heavy atom. The maximum Gasteiger partial charge on any atom is 0.223 e. The van der Waals surface area contributed by atoms with Crippen molar-refractivity contribution in [2.24, 2.45) is 0 Å². The lowest BCUT2D eigenvalue weighted by atomic mass is 9.91. The maximum absolute atomic E-state index is 12.1. The zero-order valence-electron chi connectivity index (χ0n) is 10.5. The van der Waals surface area contributed by atoms with Gasteiger partial charge in [0.15, 0.2) is 0 Å². The Kier molecular flexibility index (Phi) is 2.86. The average Bonchev–Trinajstić information content (AvgIpc) is 2.90. The summed E-state index contributed by atoms with van der Waals surface area (Å²) < 4.78 is 0. The van der Waals surface area contributed by atoms with Crippen LogP contribution in [-0.2, 0) is 11.3 Å². The SMILES string of the molecule is O=C1CC[C@]2(CCC[C@H]2O)N1Cc1ccccc1. The second-order valence-corrected chi connectivity index (χ2v) is 5.48. The second kappa shape index (κ2) is 4.39. The van der Waals surface area contributed by atoms with Crippen molar-refractivity contribution < 1.29 is 9.90 Å². The van der Waals surface area contributed by atoms with Crippen molar-refractivity contribution >= 4 is 5.91 Å². The highest BCUT2D eigenvalue weighted by Crippen LogP contribution is 2.44. The highest BCUT2D eigenvalue weighted by Gasteiger charge is 2.52. The van der Waals surface area contributed by atoms with E-state index in [-0.39, 0.29) is 17.6 Å². The zero-order chi connectivity index (χ0) is 12.6. The Balaban J connectivity index is 1.86. The number of aliphatic hydroxyl groups excluding tert-OH is 1. The molecule has 1 saturated carbocycles. The first-order valence-electron chi connectivity index (χ1n) is 6.75. The van der Waals surface area contributed by atoms with E-state index >= 15 is 0 Å². The molecule has 96 valence electrons. The lowest BCUT2D eigenvalue weighted by Crippen LogP contribution is -2.50. The molecule has 1 aliphatic heterocycles. The van der Waals surface area contributed by atoms with Crippen molar-refractivity contribution in [2.45, 2.75) is 50.3 Å². The van der Waals surface area contributed by atoms with E-state index in [0.717, 1.165) is 31.2 Å². The Morgan fingerprint density at radius 1 is 1.28 bits per heavy atom. The van der Waals surface area contributed by atoms with Gasteiger partial charge in [0, 0.05) is 13.0 Å². The molecular formula is C15H19NO2. The van der Waals surface area contributed by atoms with Gasteiger partial charge in [-0.1, -0.05) is 30.3 Å². The van der Waals surface area contributed by atoms with E-state index in [1.807, 2.05) is 35.2 Å². The molecule has 1 N–H and O–H groups in total. The quantitative estimate of drug-likeness (QED) is 0.866. The summed E-state index contributed by atoms with van der Waals surface area (Å²) in [6.45, 7) is 0.636. The van der Waals surface area contributed by atoms with Gasteiger partial charge < -0.3 is 10.0 Å². The van der Waals surface area contributed by atoms with Crippen LogP contribution in [0, 0.1) is 0 Å². The molecule has 18 heavy (non-hydrogen) atoms. The monoisotopic (exact) mass is 245 g/mol. The van der Waals surface area contributed by atoms with Gasteiger partial charge in [-0.15, -0.1) is 0 Å². The molecule has 1 aromatic carbocycles. The Bertz CT molecular complexity index is 445. The molecule has 0 radical (unpaired) electrons. The van der Waals surface area contributed by atoms with Crippen LogP contribution < -0.4 is 0 Å². The van der Waals surface area contributed by atoms with Crippen molar-refractivity contribution in [1.82, 2.24) is 4.90 Å². The summed E-state index contributed by atoms with van der Waals surface area (Å²) in [5.74, 6) is 0.194. The Morgan fingerprint density at radius 3 is 2.72 bits per heavy atom. The molecule has 3 nitrogen and oxygen atoms in total. The van der Waals surface area contributed by atoms with Crippen LogP contribution in [0.2, 0.25) is 0 Å². The van der Waals surface area contributed by atoms with Gasteiger partial charge in [-0.05, 0) is 31.2 Å². The molecule has 1 aliphatic carbocycles. The Labute approximate surface area is 107 Å². The number of benzene rings is 1. The number of rotatable bonds is 2. The van der Waals surface area contributed by atoms with Crippen molar-refractivity contribution in [3.05, 3.63) is 35.9 Å². The van der Waals surface area contributed by atoms with Crippen LogP contribution in [0.15, 0.2) is 30.3 Å². The van der Waals surface area contributed by atoms with Crippen LogP contribution in [-0.4, -0.2) is 27.6 Å². The smallest absolute Gasteiger partial charge is 0.223 e. The van der Waals surface area contributed by atoms with Gasteiger partial charge in [-0.3, -0.25) is 4.79 Å². The van der Waals surface area contributed by atoms with Gasteiger partial charge in [-0.2, -0.15) is 0 Å². The first kappa shape index (κ1) is 11.7. The standard InChI is InChI=1S/C15H19NO2/c17-13-7-4-9-15(13)10-8-14(18)16(15)11-12-5-2-1-3-6-12/h1-3,5-6,13,17H,4,7-11H2/t13-,15+/m1/s1. The molecule has 3 rings (SSSR count). The molecule has 2 fully saturated rings. The van der Waals surface area contributed by atoms with Gasteiger partial charge in [-0.25, -0.2) is 0 Å². The number of hydrogen-bond donors (Lipinski definition) is 1. The predicted octanol–water partition coefficient (Wildman–Crippen LogP) is 2.09. The van der Waals surface area contributed by atoms with Crippen molar-refractivity contribution in [3.8, 4) is 0 Å². The highest BCUT2D eigenvalue weighted by molar-refractivity contribution is 5.80. The van der Waals surface area contributed by atoms with Crippen LogP contribution in [0.5, 0.6) is 0 Å². The minimum Gasteiger partial charge on any atom is -0.391 e. The normalized spacial score (nSPS) is 31.5. The molecule has 2 atom stereocenters. The Hall–Kier alpha value is -1.35. The number of likely N-dealkylation sites (tertiary alicyclic amines) is 1. The minimum absolute atomic E-state index is 0.194. The molecule has 2 aliphatic rings. The number of nitrogens with zero attached hydrogens (tertiary/aromatic N) is 1. The fourth-order valence-electron chi connectivity index (χ4n) is 3.50. The van der Waals surface area contributed by atoms with Crippen molar-refractivity contribution in [2.75, 3.05) is 0 Å². The van der Waals surface area contributed by atoms with Crippen molar-refractivity contribution in [3.63, 3.8) is 0 Å². The molecule has 1 spiro atoms. The van der Waals surface area contributed by atoms with Crippen LogP contribution in [0.25, 0.3) is 0 Å². The summed E-state index contributed by atoms with van der Waals surface area (Å²) in [6, 6.07) is 10.1. The first-order valence-corrected chi connectivity index (χ1v) is 6.75. The predicted molar refractivity (Wildman–Crippen MR) is 68.8 cm³/mol. The summed E-state index contributed by atoms with van der Waals surface area (Å²) in [7, 11) is 0. The third-order valence-electron chi connectivity index (χ3n) is 4.50. The number of hydrogen-bond acceptors (Lipinski definition) is 2. The van der Waals surface area contributed by atoms with Gasteiger partial charge >= 0.3 is 0 Å². The summed E-state index contributed by atoms with van der Waals surface area (Å²) >= 11 is 0. The highest BCUT2D eigenvalue weighted by atomic mass is 16.3. The molecule has 3 heteroatoms. The second-order valence-electron chi connectivity index (χ2n) is 5.48. The number of carbonyl (C=O) groups excluding carboxylic acids is 1. The minimum atomic E-state index is -0.340. The molecule has 1 heterocycles. The van der Waals surface area contributed by atoms with Gasteiger partial charge in [0.25, 0.3) is 0 Å². The molecule has 0 bridgehead atoms. The van der Waals surface area contributed by atoms with E-state index in [9.17, 15) is 9.90 Å². The third kappa shape index (κ3) is 1.74. The lowest BCUT2D eigenvalue weighted by molar-refractivity contribution is -0.134. The summed E-state index contributed by atoms with van der Waals surface area (Å²) in [5, 5.41) is 10.3. The third-order valence-corrected chi connectivity index (χ3v) is 4.50. The van der Waals surface area contributed by atoms with E-state index in [2.05, 4.69) is 0 Å². The zero-order valence-corrected chi connectivity index (χ0v) is 10.5. The van der Waals surface area contributed by atoms with Crippen molar-refractivity contribution in [1.29, 1.82) is 0 Å². The number of amides is 1. The molecule has 1 aromatic rings. The average molecular weight is 245 g/mol. The van der Waals surface area contributed by atoms with Crippen LogP contribution >= 0.6 is 0 Å². The van der Waals surface area contributed by atoms with E-state index in [1.165, 1.54) is 0 Å².